The van der Waals surface area contributed by atoms with Crippen molar-refractivity contribution in [3.05, 3.63) is 71.4 Å². The van der Waals surface area contributed by atoms with Crippen molar-refractivity contribution >= 4 is 29.4 Å². The van der Waals surface area contributed by atoms with Crippen LogP contribution in [0.4, 0.5) is 4.79 Å². The number of carbonyl (C=O) groups excluding carboxylic acids is 3. The van der Waals surface area contributed by atoms with E-state index in [1.165, 1.54) is 9.80 Å². The maximum absolute atomic E-state index is 13.1. The zero-order chi connectivity index (χ0) is 20.3. The Labute approximate surface area is 168 Å². The summed E-state index contributed by atoms with van der Waals surface area (Å²) in [5.41, 5.74) is 1.62. The molecule has 8 heteroatoms. The number of benzene rings is 1. The minimum atomic E-state index is -0.675. The van der Waals surface area contributed by atoms with Crippen LogP contribution < -0.4 is 10.6 Å². The number of halogens is 1. The van der Waals surface area contributed by atoms with Crippen molar-refractivity contribution in [2.24, 2.45) is 0 Å². The molecule has 28 heavy (non-hydrogen) atoms. The molecule has 0 saturated carbocycles. The summed E-state index contributed by atoms with van der Waals surface area (Å²) in [4.78, 5) is 40.8. The van der Waals surface area contributed by atoms with Gasteiger partial charge in [-0.2, -0.15) is 0 Å². The summed E-state index contributed by atoms with van der Waals surface area (Å²) in [5, 5.41) is 5.96. The zero-order valence-corrected chi connectivity index (χ0v) is 16.0. The third-order valence-electron chi connectivity index (χ3n) is 4.60. The number of rotatable bonds is 7. The van der Waals surface area contributed by atoms with Gasteiger partial charge in [-0.15, -0.1) is 13.2 Å². The molecule has 3 rings (SSSR count). The summed E-state index contributed by atoms with van der Waals surface area (Å²) in [6.07, 6.45) is 3.15. The second kappa shape index (κ2) is 8.31. The molecule has 0 aliphatic carbocycles. The maximum atomic E-state index is 13.1. The standard InChI is InChI=1S/C20H21ClN4O3/c1-3-9-22-16(26)12-24-11-15-17(19(24)27)18(13-7-5-6-8-14(13)21)23-20(28)25(15)10-4-2/h3-8,18H,1-2,9-12H2,(H,22,26)(H,23,28)/t18-/m1/s1. The molecule has 0 spiro atoms. The Balaban J connectivity index is 1.95. The highest BCUT2D eigenvalue weighted by Crippen LogP contribution is 2.38. The minimum absolute atomic E-state index is 0.106. The molecular formula is C20H21ClN4O3. The number of nitrogens with zero attached hydrogens (tertiary/aromatic N) is 2. The molecule has 2 aliphatic rings. The van der Waals surface area contributed by atoms with E-state index in [1.54, 1.807) is 36.4 Å². The molecule has 4 amide bonds. The van der Waals surface area contributed by atoms with E-state index >= 15 is 0 Å². The summed E-state index contributed by atoms with van der Waals surface area (Å²) in [6.45, 7) is 7.86. The molecule has 1 atom stereocenters. The Kier molecular flexibility index (Phi) is 5.84. The Hall–Kier alpha value is -3.06. The highest BCUT2D eigenvalue weighted by atomic mass is 35.5. The van der Waals surface area contributed by atoms with Crippen molar-refractivity contribution in [1.82, 2.24) is 20.4 Å². The second-order valence-corrected chi connectivity index (χ2v) is 6.82. The number of hydrogen-bond acceptors (Lipinski definition) is 3. The van der Waals surface area contributed by atoms with Crippen LogP contribution in [0.3, 0.4) is 0 Å². The molecule has 2 aliphatic heterocycles. The van der Waals surface area contributed by atoms with Crippen molar-refractivity contribution in [3.63, 3.8) is 0 Å². The Morgan fingerprint density at radius 3 is 2.71 bits per heavy atom. The van der Waals surface area contributed by atoms with Gasteiger partial charge in [0.2, 0.25) is 5.91 Å². The molecule has 0 radical (unpaired) electrons. The van der Waals surface area contributed by atoms with Crippen LogP contribution >= 0.6 is 11.6 Å². The van der Waals surface area contributed by atoms with Gasteiger partial charge < -0.3 is 15.5 Å². The summed E-state index contributed by atoms with van der Waals surface area (Å²) in [5.74, 6) is -0.598. The Morgan fingerprint density at radius 2 is 2.04 bits per heavy atom. The van der Waals surface area contributed by atoms with Gasteiger partial charge in [0.25, 0.3) is 5.91 Å². The van der Waals surface area contributed by atoms with Gasteiger partial charge in [-0.1, -0.05) is 42.0 Å². The first kappa shape index (κ1) is 19.7. The van der Waals surface area contributed by atoms with Gasteiger partial charge in [-0.25, -0.2) is 4.79 Å². The predicted octanol–water partition coefficient (Wildman–Crippen LogP) is 1.99. The van der Waals surface area contributed by atoms with Gasteiger partial charge in [-0.3, -0.25) is 14.5 Å². The van der Waals surface area contributed by atoms with Crippen molar-refractivity contribution in [1.29, 1.82) is 0 Å². The van der Waals surface area contributed by atoms with Crippen LogP contribution in [0, 0.1) is 0 Å². The Morgan fingerprint density at radius 1 is 1.29 bits per heavy atom. The summed E-state index contributed by atoms with van der Waals surface area (Å²) < 4.78 is 0. The summed E-state index contributed by atoms with van der Waals surface area (Å²) in [7, 11) is 0. The number of hydrogen-bond donors (Lipinski definition) is 2. The fraction of sp³-hybridized carbons (Fsp3) is 0.250. The Bertz CT molecular complexity index is 880. The monoisotopic (exact) mass is 400 g/mol. The first-order valence-corrected chi connectivity index (χ1v) is 9.19. The molecule has 0 fully saturated rings. The largest absolute Gasteiger partial charge is 0.351 e. The lowest BCUT2D eigenvalue weighted by Crippen LogP contribution is -2.47. The fourth-order valence-corrected chi connectivity index (χ4v) is 3.60. The third kappa shape index (κ3) is 3.66. The highest BCUT2D eigenvalue weighted by molar-refractivity contribution is 6.31. The third-order valence-corrected chi connectivity index (χ3v) is 4.95. The SMILES string of the molecule is C=CCNC(=O)CN1CC2=C(C1=O)[C@@H](c1ccccc1Cl)NC(=O)N2CC=C. The van der Waals surface area contributed by atoms with Crippen LogP contribution in [-0.4, -0.2) is 53.8 Å². The fourth-order valence-electron chi connectivity index (χ4n) is 3.36. The van der Waals surface area contributed by atoms with Crippen molar-refractivity contribution < 1.29 is 14.4 Å². The number of carbonyl (C=O) groups is 3. The molecule has 0 aromatic heterocycles. The average molecular weight is 401 g/mol. The zero-order valence-electron chi connectivity index (χ0n) is 15.3. The molecule has 2 N–H and O–H groups in total. The molecule has 0 unspecified atom stereocenters. The molecule has 1 aromatic rings. The second-order valence-electron chi connectivity index (χ2n) is 6.42. The number of amides is 4. The van der Waals surface area contributed by atoms with Crippen LogP contribution in [-0.2, 0) is 9.59 Å². The van der Waals surface area contributed by atoms with Crippen LogP contribution in [0.5, 0.6) is 0 Å². The van der Waals surface area contributed by atoms with Gasteiger partial charge in [0.1, 0.15) is 6.54 Å². The molecule has 7 nitrogen and oxygen atoms in total. The van der Waals surface area contributed by atoms with E-state index < -0.39 is 6.04 Å². The van der Waals surface area contributed by atoms with E-state index in [0.29, 0.717) is 28.4 Å². The van der Waals surface area contributed by atoms with Gasteiger partial charge in [0.05, 0.1) is 23.9 Å². The van der Waals surface area contributed by atoms with E-state index in [4.69, 9.17) is 11.6 Å². The van der Waals surface area contributed by atoms with E-state index in [2.05, 4.69) is 23.8 Å². The maximum Gasteiger partial charge on any atom is 0.322 e. The molecule has 0 bridgehead atoms. The predicted molar refractivity (Wildman–Crippen MR) is 106 cm³/mol. The van der Waals surface area contributed by atoms with E-state index in [9.17, 15) is 14.4 Å². The average Bonchev–Trinajstić information content (AvgIpc) is 2.99. The molecule has 1 aromatic carbocycles. The van der Waals surface area contributed by atoms with E-state index in [-0.39, 0.29) is 37.5 Å². The van der Waals surface area contributed by atoms with Gasteiger partial charge in [0, 0.05) is 18.1 Å². The smallest absolute Gasteiger partial charge is 0.322 e. The first-order chi connectivity index (χ1) is 13.5. The van der Waals surface area contributed by atoms with Crippen molar-refractivity contribution in [2.45, 2.75) is 6.04 Å². The quantitative estimate of drug-likeness (QED) is 0.687. The summed E-state index contributed by atoms with van der Waals surface area (Å²) in [6, 6.07) is 6.04. The first-order valence-electron chi connectivity index (χ1n) is 8.81. The van der Waals surface area contributed by atoms with Crippen molar-refractivity contribution in [3.8, 4) is 0 Å². The van der Waals surface area contributed by atoms with Crippen LogP contribution in [0.2, 0.25) is 5.02 Å². The van der Waals surface area contributed by atoms with Gasteiger partial charge in [0.15, 0.2) is 0 Å². The molecule has 146 valence electrons. The number of urea groups is 1. The molecular weight excluding hydrogens is 380 g/mol. The van der Waals surface area contributed by atoms with Crippen molar-refractivity contribution in [2.75, 3.05) is 26.2 Å². The van der Waals surface area contributed by atoms with E-state index in [0.717, 1.165) is 0 Å². The lowest BCUT2D eigenvalue weighted by molar-refractivity contribution is -0.131. The van der Waals surface area contributed by atoms with Crippen LogP contribution in [0.1, 0.15) is 11.6 Å². The van der Waals surface area contributed by atoms with Gasteiger partial charge in [-0.05, 0) is 11.6 Å². The minimum Gasteiger partial charge on any atom is -0.351 e. The lowest BCUT2D eigenvalue weighted by Gasteiger charge is -2.33. The number of nitrogens with one attached hydrogen (secondary N) is 2. The molecule has 0 saturated heterocycles. The van der Waals surface area contributed by atoms with E-state index in [1.807, 2.05) is 0 Å². The lowest BCUT2D eigenvalue weighted by atomic mass is 9.95. The topological polar surface area (TPSA) is 81.8 Å². The van der Waals surface area contributed by atoms with Gasteiger partial charge >= 0.3 is 6.03 Å². The summed E-state index contributed by atoms with van der Waals surface area (Å²) >= 11 is 6.32. The van der Waals surface area contributed by atoms with Crippen LogP contribution in [0.25, 0.3) is 0 Å². The molecule has 2 heterocycles. The normalized spacial score (nSPS) is 18.7. The highest BCUT2D eigenvalue weighted by Gasteiger charge is 2.44. The van der Waals surface area contributed by atoms with Crippen LogP contribution in [0.15, 0.2) is 60.8 Å².